The average Bonchev–Trinajstić information content (AvgIpc) is 3.47. The zero-order chi connectivity index (χ0) is 26.9. The lowest BCUT2D eigenvalue weighted by Crippen LogP contribution is -2.45. The number of rotatable bonds is 7. The van der Waals surface area contributed by atoms with E-state index in [-0.39, 0.29) is 18.2 Å². The van der Waals surface area contributed by atoms with Gasteiger partial charge in [0.05, 0.1) is 25.3 Å². The summed E-state index contributed by atoms with van der Waals surface area (Å²) in [5.41, 5.74) is 5.57. The van der Waals surface area contributed by atoms with Crippen molar-refractivity contribution in [1.29, 1.82) is 0 Å². The molecule has 9 heteroatoms. The zero-order valence-electron chi connectivity index (χ0n) is 22.2. The Hall–Kier alpha value is -3.56. The molecule has 0 spiro atoms. The van der Waals surface area contributed by atoms with Crippen LogP contribution >= 0.6 is 11.3 Å². The van der Waals surface area contributed by atoms with Gasteiger partial charge in [0, 0.05) is 40.7 Å². The van der Waals surface area contributed by atoms with Gasteiger partial charge in [-0.15, -0.1) is 11.3 Å². The van der Waals surface area contributed by atoms with Crippen LogP contribution in [0.1, 0.15) is 41.1 Å². The number of fused-ring (bicyclic) bond motifs is 3. The number of benzene rings is 1. The van der Waals surface area contributed by atoms with Crippen molar-refractivity contribution in [2.24, 2.45) is 5.92 Å². The van der Waals surface area contributed by atoms with Crippen molar-refractivity contribution in [3.8, 4) is 10.6 Å². The number of amides is 1. The molecule has 202 valence electrons. The molecule has 2 aliphatic rings. The molecule has 4 aromatic rings. The van der Waals surface area contributed by atoms with E-state index in [1.165, 1.54) is 15.8 Å². The van der Waals surface area contributed by atoms with E-state index in [2.05, 4.69) is 34.6 Å². The van der Waals surface area contributed by atoms with Crippen molar-refractivity contribution in [3.63, 3.8) is 0 Å². The standard InChI is InChI=1S/C30H33N5O3S/c1-20-26(39-30(32-20)22-6-3-2-4-7-22)18-35-25-17-34(15-11-23(25)24-8-5-12-31-29(24)35)27(36)19-33-13-9-21(10-14-33)16-28(37)38/h2-8,12,21H,9-11,13-19H2,1H3,(H,37,38). The summed E-state index contributed by atoms with van der Waals surface area (Å²) in [7, 11) is 0. The van der Waals surface area contributed by atoms with Gasteiger partial charge >= 0.3 is 5.97 Å². The molecule has 0 unspecified atom stereocenters. The van der Waals surface area contributed by atoms with Crippen LogP contribution < -0.4 is 0 Å². The summed E-state index contributed by atoms with van der Waals surface area (Å²) < 4.78 is 2.29. The number of piperidine rings is 1. The van der Waals surface area contributed by atoms with Crippen LogP contribution in [-0.2, 0) is 29.1 Å². The smallest absolute Gasteiger partial charge is 0.303 e. The summed E-state index contributed by atoms with van der Waals surface area (Å²) in [5, 5.41) is 11.3. The van der Waals surface area contributed by atoms with Gasteiger partial charge in [0.25, 0.3) is 0 Å². The third kappa shape index (κ3) is 5.33. The molecule has 0 saturated carbocycles. The van der Waals surface area contributed by atoms with Crippen LogP contribution in [0.5, 0.6) is 0 Å². The highest BCUT2D eigenvalue weighted by Gasteiger charge is 2.30. The van der Waals surface area contributed by atoms with E-state index in [1.54, 1.807) is 11.3 Å². The van der Waals surface area contributed by atoms with Gasteiger partial charge in [-0.2, -0.15) is 0 Å². The summed E-state index contributed by atoms with van der Waals surface area (Å²) in [4.78, 5) is 39.4. The predicted molar refractivity (Wildman–Crippen MR) is 152 cm³/mol. The Balaban J connectivity index is 1.21. The van der Waals surface area contributed by atoms with Crippen molar-refractivity contribution in [1.82, 2.24) is 24.3 Å². The summed E-state index contributed by atoms with van der Waals surface area (Å²) in [6.45, 7) is 5.97. The van der Waals surface area contributed by atoms with Crippen molar-refractivity contribution in [2.75, 3.05) is 26.2 Å². The topological polar surface area (TPSA) is 91.6 Å². The second-order valence-electron chi connectivity index (χ2n) is 10.7. The number of carbonyl (C=O) groups excluding carboxylic acids is 1. The minimum atomic E-state index is -0.733. The third-order valence-corrected chi connectivity index (χ3v) is 9.30. The molecule has 8 nitrogen and oxygen atoms in total. The lowest BCUT2D eigenvalue weighted by atomic mass is 9.93. The SMILES string of the molecule is Cc1nc(-c2ccccc2)sc1Cn1c2c(c3cccnc31)CCN(C(=O)CN1CCC(CC(=O)O)CC1)C2. The maximum atomic E-state index is 13.4. The van der Waals surface area contributed by atoms with Crippen molar-refractivity contribution >= 4 is 34.2 Å². The highest BCUT2D eigenvalue weighted by molar-refractivity contribution is 7.15. The Morgan fingerprint density at radius 1 is 1.08 bits per heavy atom. The monoisotopic (exact) mass is 543 g/mol. The number of aryl methyl sites for hydroxylation is 1. The largest absolute Gasteiger partial charge is 0.481 e. The summed E-state index contributed by atoms with van der Waals surface area (Å²) in [6, 6.07) is 14.4. The van der Waals surface area contributed by atoms with Gasteiger partial charge in [0.1, 0.15) is 10.7 Å². The molecule has 5 heterocycles. The fourth-order valence-corrected chi connectivity index (χ4v) is 7.01. The van der Waals surface area contributed by atoms with E-state index in [4.69, 9.17) is 15.1 Å². The Labute approximate surface area is 231 Å². The Morgan fingerprint density at radius 2 is 1.87 bits per heavy atom. The zero-order valence-corrected chi connectivity index (χ0v) is 23.0. The average molecular weight is 544 g/mol. The second-order valence-corrected chi connectivity index (χ2v) is 11.7. The first-order valence-corrected chi connectivity index (χ1v) is 14.5. The first kappa shape index (κ1) is 25.7. The van der Waals surface area contributed by atoms with Crippen molar-refractivity contribution in [3.05, 3.63) is 70.5 Å². The molecule has 39 heavy (non-hydrogen) atoms. The quantitative estimate of drug-likeness (QED) is 0.367. The maximum absolute atomic E-state index is 13.4. The first-order valence-electron chi connectivity index (χ1n) is 13.6. The van der Waals surface area contributed by atoms with Gasteiger partial charge in [-0.1, -0.05) is 30.3 Å². The maximum Gasteiger partial charge on any atom is 0.303 e. The number of likely N-dealkylation sites (tertiary alicyclic amines) is 1. The van der Waals surface area contributed by atoms with E-state index in [0.717, 1.165) is 60.0 Å². The van der Waals surface area contributed by atoms with Crippen LogP contribution in [0, 0.1) is 12.8 Å². The van der Waals surface area contributed by atoms with Crippen LogP contribution in [0.25, 0.3) is 21.6 Å². The first-order chi connectivity index (χ1) is 19.0. The summed E-state index contributed by atoms with van der Waals surface area (Å²) in [5.74, 6) is -0.377. The number of thiazole rings is 1. The third-order valence-electron chi connectivity index (χ3n) is 8.11. The number of carbonyl (C=O) groups is 2. The molecule has 0 bridgehead atoms. The normalized spacial score (nSPS) is 16.5. The van der Waals surface area contributed by atoms with Gasteiger partial charge in [0.15, 0.2) is 0 Å². The van der Waals surface area contributed by atoms with Crippen LogP contribution in [0.2, 0.25) is 0 Å². The molecule has 1 saturated heterocycles. The number of hydrogen-bond donors (Lipinski definition) is 1. The second kappa shape index (κ2) is 10.9. The van der Waals surface area contributed by atoms with Gasteiger partial charge in [-0.3, -0.25) is 14.5 Å². The molecule has 6 rings (SSSR count). The Bertz CT molecular complexity index is 1500. The summed E-state index contributed by atoms with van der Waals surface area (Å²) >= 11 is 1.72. The van der Waals surface area contributed by atoms with Gasteiger partial charge in [-0.05, 0) is 62.9 Å². The highest BCUT2D eigenvalue weighted by atomic mass is 32.1. The molecular formula is C30H33N5O3S. The number of hydrogen-bond acceptors (Lipinski definition) is 6. The van der Waals surface area contributed by atoms with E-state index >= 15 is 0 Å². The molecule has 2 aliphatic heterocycles. The van der Waals surface area contributed by atoms with Gasteiger partial charge in [0.2, 0.25) is 5.91 Å². The predicted octanol–water partition coefficient (Wildman–Crippen LogP) is 4.59. The fourth-order valence-electron chi connectivity index (χ4n) is 5.95. The lowest BCUT2D eigenvalue weighted by molar-refractivity contribution is -0.139. The molecule has 0 aliphatic carbocycles. The van der Waals surface area contributed by atoms with Crippen LogP contribution in [0.3, 0.4) is 0 Å². The van der Waals surface area contributed by atoms with Crippen LogP contribution in [-0.4, -0.2) is 67.5 Å². The van der Waals surface area contributed by atoms with E-state index < -0.39 is 5.97 Å². The molecule has 1 fully saturated rings. The number of pyridine rings is 1. The Kier molecular flexibility index (Phi) is 7.18. The van der Waals surface area contributed by atoms with Crippen LogP contribution in [0.4, 0.5) is 0 Å². The van der Waals surface area contributed by atoms with Crippen molar-refractivity contribution in [2.45, 2.75) is 45.7 Å². The number of aliphatic carboxylic acids is 1. The molecule has 1 amide bonds. The minimum absolute atomic E-state index is 0.141. The minimum Gasteiger partial charge on any atom is -0.481 e. The molecule has 0 atom stereocenters. The Morgan fingerprint density at radius 3 is 2.64 bits per heavy atom. The number of aromatic nitrogens is 3. The molecular weight excluding hydrogens is 510 g/mol. The van der Waals surface area contributed by atoms with Gasteiger partial charge in [-0.25, -0.2) is 9.97 Å². The highest BCUT2D eigenvalue weighted by Crippen LogP contribution is 2.34. The number of carboxylic acids is 1. The van der Waals surface area contributed by atoms with E-state index in [9.17, 15) is 9.59 Å². The number of nitrogens with zero attached hydrogens (tertiary/aromatic N) is 5. The molecule has 1 N–H and O–H groups in total. The van der Waals surface area contributed by atoms with Crippen molar-refractivity contribution < 1.29 is 14.7 Å². The molecule has 3 aromatic heterocycles. The van der Waals surface area contributed by atoms with Crippen LogP contribution in [0.15, 0.2) is 48.7 Å². The summed E-state index contributed by atoms with van der Waals surface area (Å²) in [6.07, 6.45) is 4.55. The molecule has 1 aromatic carbocycles. The number of carboxylic acid groups (broad SMARTS) is 1. The van der Waals surface area contributed by atoms with E-state index in [0.29, 0.717) is 26.2 Å². The van der Waals surface area contributed by atoms with Gasteiger partial charge < -0.3 is 14.6 Å². The van der Waals surface area contributed by atoms with E-state index in [1.807, 2.05) is 35.4 Å². The fraction of sp³-hybridized carbons (Fsp3) is 0.400. The lowest BCUT2D eigenvalue weighted by Gasteiger charge is -2.34. The molecule has 0 radical (unpaired) electrons.